The van der Waals surface area contributed by atoms with Crippen molar-refractivity contribution in [2.24, 2.45) is 22.4 Å². The van der Waals surface area contributed by atoms with E-state index in [0.29, 0.717) is 0 Å². The van der Waals surface area contributed by atoms with Gasteiger partial charge in [0.2, 0.25) is 5.96 Å². The second-order valence-corrected chi connectivity index (χ2v) is 0.554. The Bertz CT molecular complexity index is 45.5. The zero-order valence-electron chi connectivity index (χ0n) is 3.06. The SMILES string of the molecule is NN=C(N)N.[Cl-]. The highest BCUT2D eigenvalue weighted by Crippen LogP contribution is 1.31. The van der Waals surface area contributed by atoms with Crippen LogP contribution in [0.1, 0.15) is 0 Å². The number of nitrogens with zero attached hydrogens (tertiary/aromatic N) is 1. The summed E-state index contributed by atoms with van der Waals surface area (Å²) in [5, 5.41) is 2.86. The Morgan fingerprint density at radius 3 is 1.50 bits per heavy atom. The van der Waals surface area contributed by atoms with Crippen molar-refractivity contribution < 1.29 is 12.4 Å². The normalized spacial score (nSPS) is 5.33. The lowest BCUT2D eigenvalue weighted by Crippen LogP contribution is -3.00. The van der Waals surface area contributed by atoms with Crippen LogP contribution in [0.5, 0.6) is 0 Å². The molecule has 0 saturated heterocycles. The van der Waals surface area contributed by atoms with Crippen LogP contribution in [-0.4, -0.2) is 5.96 Å². The third kappa shape index (κ3) is 10.1. The van der Waals surface area contributed by atoms with Gasteiger partial charge in [-0.05, 0) is 0 Å². The van der Waals surface area contributed by atoms with Crippen LogP contribution in [0.25, 0.3) is 0 Å². The minimum atomic E-state index is -0.0926. The molecule has 6 heavy (non-hydrogen) atoms. The Hall–Kier alpha value is -0.640. The first-order valence-corrected chi connectivity index (χ1v) is 1.06. The molecule has 0 heterocycles. The van der Waals surface area contributed by atoms with Crippen LogP contribution in [0, 0.1) is 0 Å². The van der Waals surface area contributed by atoms with E-state index in [-0.39, 0.29) is 18.4 Å². The average molecular weight is 110 g/mol. The van der Waals surface area contributed by atoms with Crippen LogP contribution in [0.3, 0.4) is 0 Å². The van der Waals surface area contributed by atoms with Crippen LogP contribution in [0.4, 0.5) is 0 Å². The van der Waals surface area contributed by atoms with Gasteiger partial charge in [-0.2, -0.15) is 0 Å². The Morgan fingerprint density at radius 1 is 1.33 bits per heavy atom. The quantitative estimate of drug-likeness (QED) is 0.126. The van der Waals surface area contributed by atoms with Crippen molar-refractivity contribution in [3.05, 3.63) is 0 Å². The summed E-state index contributed by atoms with van der Waals surface area (Å²) in [4.78, 5) is 0. The number of hydrazone groups is 1. The van der Waals surface area contributed by atoms with E-state index in [2.05, 4.69) is 10.9 Å². The largest absolute Gasteiger partial charge is 1.00 e. The first-order chi connectivity index (χ1) is 2.27. The third-order valence-corrected chi connectivity index (χ3v) is 0.149. The molecule has 0 rings (SSSR count). The summed E-state index contributed by atoms with van der Waals surface area (Å²) in [7, 11) is 0. The van der Waals surface area contributed by atoms with Gasteiger partial charge in [-0.3, -0.25) is 0 Å². The third-order valence-electron chi connectivity index (χ3n) is 0.149. The predicted octanol–water partition coefficient (Wildman–Crippen LogP) is -4.86. The maximum absolute atomic E-state index is 4.69. The summed E-state index contributed by atoms with van der Waals surface area (Å²) < 4.78 is 0. The van der Waals surface area contributed by atoms with Crippen molar-refractivity contribution in [3.63, 3.8) is 0 Å². The van der Waals surface area contributed by atoms with Crippen LogP contribution in [0.15, 0.2) is 5.10 Å². The molecular formula is CH6ClN4-. The van der Waals surface area contributed by atoms with Gasteiger partial charge in [-0.1, -0.05) is 0 Å². The molecule has 0 unspecified atom stereocenters. The van der Waals surface area contributed by atoms with E-state index in [4.69, 9.17) is 11.5 Å². The first kappa shape index (κ1) is 9.03. The molecule has 4 nitrogen and oxygen atoms in total. The highest BCUT2D eigenvalue weighted by atomic mass is 35.5. The lowest BCUT2D eigenvalue weighted by molar-refractivity contribution is -0.00000148. The number of hydrogen-bond donors (Lipinski definition) is 3. The maximum atomic E-state index is 4.69. The molecule has 0 spiro atoms. The fraction of sp³-hybridized carbons (Fsp3) is 0. The maximum Gasteiger partial charge on any atom is 0.208 e. The van der Waals surface area contributed by atoms with E-state index in [1.807, 2.05) is 0 Å². The molecule has 6 N–H and O–H groups in total. The molecule has 0 aromatic carbocycles. The average Bonchev–Trinajstić information content (AvgIpc) is 1.38. The van der Waals surface area contributed by atoms with Gasteiger partial charge < -0.3 is 29.7 Å². The van der Waals surface area contributed by atoms with Gasteiger partial charge in [0.25, 0.3) is 0 Å². The van der Waals surface area contributed by atoms with Crippen molar-refractivity contribution in [2.75, 3.05) is 0 Å². The zero-order valence-corrected chi connectivity index (χ0v) is 3.81. The van der Waals surface area contributed by atoms with Gasteiger partial charge in [0, 0.05) is 0 Å². The summed E-state index contributed by atoms with van der Waals surface area (Å²) >= 11 is 0. The minimum Gasteiger partial charge on any atom is -1.00 e. The van der Waals surface area contributed by atoms with Gasteiger partial charge >= 0.3 is 0 Å². The Kier molecular flexibility index (Phi) is 6.56. The lowest BCUT2D eigenvalue weighted by atomic mass is 11.1. The smallest absolute Gasteiger partial charge is 0.208 e. The number of guanidine groups is 1. The van der Waals surface area contributed by atoms with Gasteiger partial charge in [-0.15, -0.1) is 5.10 Å². The van der Waals surface area contributed by atoms with E-state index in [1.165, 1.54) is 0 Å². The predicted molar refractivity (Wildman–Crippen MR) is 20.0 cm³/mol. The molecule has 38 valence electrons. The molecule has 0 fully saturated rings. The van der Waals surface area contributed by atoms with Crippen molar-refractivity contribution in [1.29, 1.82) is 0 Å². The van der Waals surface area contributed by atoms with E-state index in [1.54, 1.807) is 0 Å². The number of halogens is 1. The minimum absolute atomic E-state index is 0. The summed E-state index contributed by atoms with van der Waals surface area (Å²) in [5.74, 6) is 4.42. The van der Waals surface area contributed by atoms with Crippen molar-refractivity contribution in [1.82, 2.24) is 0 Å². The monoisotopic (exact) mass is 109 g/mol. The lowest BCUT2D eigenvalue weighted by Gasteiger charge is -1.76. The van der Waals surface area contributed by atoms with Crippen LogP contribution >= 0.6 is 0 Å². The fourth-order valence-electron chi connectivity index (χ4n) is 0. The summed E-state index contributed by atoms with van der Waals surface area (Å²) in [6.07, 6.45) is 0. The number of nitrogens with two attached hydrogens (primary N) is 3. The molecule has 0 saturated carbocycles. The standard InChI is InChI=1S/CH6N4.ClH/c2-1(3)5-4;/h4H2,(H4,2,3,5);1H/p-1. The molecule has 5 heteroatoms. The molecule has 0 aliphatic heterocycles. The summed E-state index contributed by atoms with van der Waals surface area (Å²) in [6.45, 7) is 0. The van der Waals surface area contributed by atoms with E-state index >= 15 is 0 Å². The van der Waals surface area contributed by atoms with Crippen LogP contribution < -0.4 is 29.7 Å². The molecule has 0 aliphatic carbocycles. The second kappa shape index (κ2) is 4.36. The molecule has 0 aromatic rings. The summed E-state index contributed by atoms with van der Waals surface area (Å²) in [5.41, 5.74) is 9.39. The summed E-state index contributed by atoms with van der Waals surface area (Å²) in [6, 6.07) is 0. The van der Waals surface area contributed by atoms with Gasteiger partial charge in [0.05, 0.1) is 0 Å². The molecular weight excluding hydrogens is 103 g/mol. The van der Waals surface area contributed by atoms with Crippen molar-refractivity contribution in [3.8, 4) is 0 Å². The number of hydrogen-bond acceptors (Lipinski definition) is 2. The van der Waals surface area contributed by atoms with Crippen LogP contribution in [0.2, 0.25) is 0 Å². The highest BCUT2D eigenvalue weighted by molar-refractivity contribution is 5.75. The molecule has 0 aliphatic rings. The second-order valence-electron chi connectivity index (χ2n) is 0.554. The van der Waals surface area contributed by atoms with Gasteiger partial charge in [-0.25, -0.2) is 0 Å². The number of rotatable bonds is 0. The Labute approximate surface area is 41.8 Å². The first-order valence-electron chi connectivity index (χ1n) is 1.06. The van der Waals surface area contributed by atoms with Gasteiger partial charge in [0.15, 0.2) is 0 Å². The van der Waals surface area contributed by atoms with E-state index in [0.717, 1.165) is 0 Å². The fourth-order valence-corrected chi connectivity index (χ4v) is 0. The van der Waals surface area contributed by atoms with Crippen molar-refractivity contribution >= 4 is 5.96 Å². The van der Waals surface area contributed by atoms with E-state index in [9.17, 15) is 0 Å². The topological polar surface area (TPSA) is 90.4 Å². The van der Waals surface area contributed by atoms with Crippen LogP contribution in [-0.2, 0) is 0 Å². The molecule has 0 atom stereocenters. The molecule has 0 radical (unpaired) electrons. The molecule has 0 bridgehead atoms. The highest BCUT2D eigenvalue weighted by Gasteiger charge is 1.62. The molecule has 0 aromatic heterocycles. The van der Waals surface area contributed by atoms with Gasteiger partial charge in [0.1, 0.15) is 0 Å². The van der Waals surface area contributed by atoms with Crippen molar-refractivity contribution in [2.45, 2.75) is 0 Å². The Balaban J connectivity index is 0. The Morgan fingerprint density at radius 2 is 1.50 bits per heavy atom. The van der Waals surface area contributed by atoms with E-state index < -0.39 is 0 Å². The molecule has 0 amide bonds. The zero-order chi connectivity index (χ0) is 4.28.